The highest BCUT2D eigenvalue weighted by Crippen LogP contribution is 2.12. The summed E-state index contributed by atoms with van der Waals surface area (Å²) in [5.41, 5.74) is 1.32. The van der Waals surface area contributed by atoms with E-state index in [1.807, 2.05) is 0 Å². The molecule has 1 rings (SSSR count). The van der Waals surface area contributed by atoms with Gasteiger partial charge in [0.25, 0.3) is 5.91 Å². The molecule has 0 radical (unpaired) electrons. The van der Waals surface area contributed by atoms with Crippen LogP contribution in [0, 0.1) is 0 Å². The Bertz CT molecular complexity index is 274. The van der Waals surface area contributed by atoms with Crippen LogP contribution in [-0.4, -0.2) is 21.2 Å². The summed E-state index contributed by atoms with van der Waals surface area (Å²) < 4.78 is 0. The average Bonchev–Trinajstić information content (AvgIpc) is 2.04. The average molecular weight is 154 g/mol. The van der Waals surface area contributed by atoms with Gasteiger partial charge in [-0.25, -0.2) is 5.48 Å². The van der Waals surface area contributed by atoms with Crippen LogP contribution in [0.5, 0.6) is 5.75 Å². The maximum Gasteiger partial charge on any atom is 0.279 e. The van der Waals surface area contributed by atoms with Gasteiger partial charge in [0.2, 0.25) is 0 Å². The molecule has 0 aliphatic carbocycles. The Morgan fingerprint density at radius 3 is 2.91 bits per heavy atom. The molecule has 0 unspecified atom stereocenters. The topological polar surface area (TPSA) is 82.5 Å². The number of carbonyl (C=O) groups excluding carboxylic acids is 1. The summed E-state index contributed by atoms with van der Waals surface area (Å²) in [5, 5.41) is 17.2. The lowest BCUT2D eigenvalue weighted by Gasteiger charge is -1.98. The van der Waals surface area contributed by atoms with E-state index in [0.717, 1.165) is 6.20 Å². The number of pyridine rings is 1. The van der Waals surface area contributed by atoms with Crippen LogP contribution in [0.15, 0.2) is 18.5 Å². The van der Waals surface area contributed by atoms with Gasteiger partial charge in [-0.15, -0.1) is 0 Å². The Balaban J connectivity index is 3.03. The number of nitrogens with one attached hydrogen (secondary N) is 1. The Morgan fingerprint density at radius 2 is 2.36 bits per heavy atom. The largest absolute Gasteiger partial charge is 0.507 e. The molecule has 1 heterocycles. The molecular weight excluding hydrogens is 148 g/mol. The second kappa shape index (κ2) is 2.98. The third-order valence-electron chi connectivity index (χ3n) is 1.14. The van der Waals surface area contributed by atoms with Crippen molar-refractivity contribution in [2.45, 2.75) is 0 Å². The second-order valence-corrected chi connectivity index (χ2v) is 1.83. The van der Waals surface area contributed by atoms with E-state index >= 15 is 0 Å². The van der Waals surface area contributed by atoms with Crippen LogP contribution in [0.25, 0.3) is 0 Å². The van der Waals surface area contributed by atoms with Crippen LogP contribution in [0.1, 0.15) is 10.4 Å². The molecular formula is C6H6N2O3. The number of nitrogens with zero attached hydrogens (tertiary/aromatic N) is 1. The van der Waals surface area contributed by atoms with Gasteiger partial charge in [-0.05, 0) is 6.07 Å². The molecule has 0 aliphatic heterocycles. The summed E-state index contributed by atoms with van der Waals surface area (Å²) >= 11 is 0. The monoisotopic (exact) mass is 154 g/mol. The normalized spacial score (nSPS) is 9.18. The minimum Gasteiger partial charge on any atom is -0.507 e. The van der Waals surface area contributed by atoms with E-state index < -0.39 is 5.91 Å². The van der Waals surface area contributed by atoms with Crippen LogP contribution in [-0.2, 0) is 0 Å². The number of hydrogen-bond donors (Lipinski definition) is 3. The van der Waals surface area contributed by atoms with Crippen molar-refractivity contribution in [2.24, 2.45) is 0 Å². The van der Waals surface area contributed by atoms with Gasteiger partial charge < -0.3 is 5.11 Å². The van der Waals surface area contributed by atoms with Gasteiger partial charge in [-0.1, -0.05) is 0 Å². The highest BCUT2D eigenvalue weighted by molar-refractivity contribution is 5.95. The number of hydroxylamine groups is 1. The molecule has 1 aromatic heterocycles. The Labute approximate surface area is 62.3 Å². The van der Waals surface area contributed by atoms with E-state index in [4.69, 9.17) is 10.3 Å². The zero-order valence-electron chi connectivity index (χ0n) is 5.48. The maximum absolute atomic E-state index is 10.7. The number of rotatable bonds is 1. The molecule has 5 heteroatoms. The van der Waals surface area contributed by atoms with Crippen molar-refractivity contribution in [1.82, 2.24) is 10.5 Å². The lowest BCUT2D eigenvalue weighted by molar-refractivity contribution is 0.0703. The summed E-state index contributed by atoms with van der Waals surface area (Å²) in [6.45, 7) is 0. The predicted octanol–water partition coefficient (Wildman–Crippen LogP) is -0.0938. The molecule has 0 spiro atoms. The SMILES string of the molecule is O=C(NO)c1cnccc1O. The van der Waals surface area contributed by atoms with Crippen LogP contribution in [0.3, 0.4) is 0 Å². The van der Waals surface area contributed by atoms with Crippen molar-refractivity contribution in [3.8, 4) is 5.75 Å². The van der Waals surface area contributed by atoms with E-state index in [-0.39, 0.29) is 11.3 Å². The summed E-state index contributed by atoms with van der Waals surface area (Å²) in [5.74, 6) is -0.998. The molecule has 0 fully saturated rings. The Kier molecular flexibility index (Phi) is 2.03. The molecule has 0 atom stereocenters. The fourth-order valence-electron chi connectivity index (χ4n) is 0.622. The first-order valence-electron chi connectivity index (χ1n) is 2.83. The lowest BCUT2D eigenvalue weighted by atomic mass is 10.2. The van der Waals surface area contributed by atoms with Gasteiger partial charge >= 0.3 is 0 Å². The molecule has 0 saturated heterocycles. The first-order chi connectivity index (χ1) is 5.25. The molecule has 5 nitrogen and oxygen atoms in total. The number of amides is 1. The van der Waals surface area contributed by atoms with Crippen molar-refractivity contribution < 1.29 is 15.1 Å². The molecule has 11 heavy (non-hydrogen) atoms. The molecule has 1 amide bonds. The smallest absolute Gasteiger partial charge is 0.279 e. The lowest BCUT2D eigenvalue weighted by Crippen LogP contribution is -2.18. The molecule has 0 aromatic carbocycles. The number of carbonyl (C=O) groups is 1. The van der Waals surface area contributed by atoms with E-state index in [2.05, 4.69) is 4.98 Å². The van der Waals surface area contributed by atoms with Crippen LogP contribution in [0.2, 0.25) is 0 Å². The molecule has 0 saturated carbocycles. The minimum atomic E-state index is -0.782. The Hall–Kier alpha value is -1.62. The van der Waals surface area contributed by atoms with Gasteiger partial charge in [0, 0.05) is 12.4 Å². The first kappa shape index (κ1) is 7.49. The zero-order valence-corrected chi connectivity index (χ0v) is 5.48. The fraction of sp³-hybridized carbons (Fsp3) is 0. The summed E-state index contributed by atoms with van der Waals surface area (Å²) in [4.78, 5) is 14.3. The van der Waals surface area contributed by atoms with Crippen molar-refractivity contribution in [3.05, 3.63) is 24.0 Å². The van der Waals surface area contributed by atoms with Crippen molar-refractivity contribution >= 4 is 5.91 Å². The number of aromatic nitrogens is 1. The van der Waals surface area contributed by atoms with Crippen LogP contribution < -0.4 is 5.48 Å². The highest BCUT2D eigenvalue weighted by atomic mass is 16.5. The summed E-state index contributed by atoms with van der Waals surface area (Å²) in [6, 6.07) is 1.25. The van der Waals surface area contributed by atoms with Crippen molar-refractivity contribution in [1.29, 1.82) is 0 Å². The molecule has 1 aromatic rings. The minimum absolute atomic E-state index is 0.0602. The Morgan fingerprint density at radius 1 is 1.64 bits per heavy atom. The maximum atomic E-state index is 10.7. The predicted molar refractivity (Wildman–Crippen MR) is 35.2 cm³/mol. The van der Waals surface area contributed by atoms with Gasteiger partial charge in [0.05, 0.1) is 0 Å². The van der Waals surface area contributed by atoms with E-state index in [9.17, 15) is 4.79 Å². The second-order valence-electron chi connectivity index (χ2n) is 1.83. The first-order valence-corrected chi connectivity index (χ1v) is 2.83. The van der Waals surface area contributed by atoms with Crippen molar-refractivity contribution in [2.75, 3.05) is 0 Å². The van der Waals surface area contributed by atoms with E-state index in [0.29, 0.717) is 0 Å². The van der Waals surface area contributed by atoms with Crippen molar-refractivity contribution in [3.63, 3.8) is 0 Å². The van der Waals surface area contributed by atoms with Gasteiger partial charge in [0.1, 0.15) is 11.3 Å². The summed E-state index contributed by atoms with van der Waals surface area (Å²) in [7, 11) is 0. The van der Waals surface area contributed by atoms with Gasteiger partial charge in [0.15, 0.2) is 0 Å². The quantitative estimate of drug-likeness (QED) is 0.390. The third kappa shape index (κ3) is 1.44. The van der Waals surface area contributed by atoms with Gasteiger partial charge in [-0.2, -0.15) is 0 Å². The van der Waals surface area contributed by atoms with Gasteiger partial charge in [-0.3, -0.25) is 15.0 Å². The number of aromatic hydroxyl groups is 1. The standard InChI is InChI=1S/C6H6N2O3/c9-5-1-2-7-3-4(5)6(10)8-11/h1-3,11H,(H,7,9)(H,8,10). The molecule has 0 bridgehead atoms. The van der Waals surface area contributed by atoms with E-state index in [1.54, 1.807) is 0 Å². The fourth-order valence-corrected chi connectivity index (χ4v) is 0.622. The van der Waals surface area contributed by atoms with E-state index in [1.165, 1.54) is 17.7 Å². The molecule has 3 N–H and O–H groups in total. The molecule has 0 aliphatic rings. The zero-order chi connectivity index (χ0) is 8.27. The number of hydrogen-bond acceptors (Lipinski definition) is 4. The van der Waals surface area contributed by atoms with Crippen LogP contribution >= 0.6 is 0 Å². The highest BCUT2D eigenvalue weighted by Gasteiger charge is 2.08. The third-order valence-corrected chi connectivity index (χ3v) is 1.14. The van der Waals surface area contributed by atoms with Crippen LogP contribution in [0.4, 0.5) is 0 Å². The molecule has 58 valence electrons. The summed E-state index contributed by atoms with van der Waals surface area (Å²) in [6.07, 6.45) is 2.49.